The van der Waals surface area contributed by atoms with E-state index in [9.17, 15) is 8.42 Å². The number of aryl methyl sites for hydroxylation is 1. The zero-order valence-electron chi connectivity index (χ0n) is 14.1. The first-order valence-corrected chi connectivity index (χ1v) is 10.7. The van der Waals surface area contributed by atoms with E-state index in [0.29, 0.717) is 10.9 Å². The van der Waals surface area contributed by atoms with Gasteiger partial charge in [0.2, 0.25) is 5.16 Å². The zero-order chi connectivity index (χ0) is 18.0. The highest BCUT2D eigenvalue weighted by molar-refractivity contribution is 7.98. The molecule has 0 aliphatic rings. The van der Waals surface area contributed by atoms with Crippen LogP contribution in [0.25, 0.3) is 22.5 Å². The molecule has 128 valence electrons. The summed E-state index contributed by atoms with van der Waals surface area (Å²) in [6.07, 6.45) is 3.09. The molecule has 1 heterocycles. The van der Waals surface area contributed by atoms with Crippen LogP contribution in [-0.2, 0) is 9.84 Å². The lowest BCUT2D eigenvalue weighted by molar-refractivity contribution is 0.602. The van der Waals surface area contributed by atoms with Crippen LogP contribution in [0.4, 0.5) is 0 Å². The van der Waals surface area contributed by atoms with Crippen LogP contribution in [0.1, 0.15) is 5.56 Å². The molecule has 25 heavy (non-hydrogen) atoms. The molecule has 3 rings (SSSR count). The van der Waals surface area contributed by atoms with Gasteiger partial charge < -0.3 is 0 Å². The Kier molecular flexibility index (Phi) is 4.87. The molecule has 0 saturated carbocycles. The molecule has 0 saturated heterocycles. The second-order valence-electron chi connectivity index (χ2n) is 5.66. The lowest BCUT2D eigenvalue weighted by Crippen LogP contribution is -2.00. The fourth-order valence-corrected chi connectivity index (χ4v) is 3.30. The molecule has 7 heteroatoms. The summed E-state index contributed by atoms with van der Waals surface area (Å²) >= 11 is 1.43. The number of aromatic nitrogens is 3. The molecule has 0 aliphatic heterocycles. The Balaban J connectivity index is 2.14. The molecule has 0 aliphatic carbocycles. The quantitative estimate of drug-likeness (QED) is 0.652. The first-order chi connectivity index (χ1) is 11.9. The van der Waals surface area contributed by atoms with E-state index in [2.05, 4.69) is 15.2 Å². The molecule has 0 amide bonds. The summed E-state index contributed by atoms with van der Waals surface area (Å²) in [6, 6.07) is 14.7. The van der Waals surface area contributed by atoms with Gasteiger partial charge in [-0.05, 0) is 25.3 Å². The van der Waals surface area contributed by atoms with Crippen molar-refractivity contribution in [2.24, 2.45) is 0 Å². The smallest absolute Gasteiger partial charge is 0.209 e. The van der Waals surface area contributed by atoms with Crippen LogP contribution >= 0.6 is 11.8 Å². The fourth-order valence-electron chi connectivity index (χ4n) is 2.36. The van der Waals surface area contributed by atoms with Crippen molar-refractivity contribution in [3.05, 3.63) is 54.1 Å². The average molecular weight is 371 g/mol. The van der Waals surface area contributed by atoms with Crippen molar-refractivity contribution in [2.75, 3.05) is 12.5 Å². The molecule has 0 spiro atoms. The molecule has 1 aromatic heterocycles. The van der Waals surface area contributed by atoms with Gasteiger partial charge in [0.25, 0.3) is 0 Å². The van der Waals surface area contributed by atoms with E-state index in [0.717, 1.165) is 22.4 Å². The largest absolute Gasteiger partial charge is 0.224 e. The second-order valence-corrected chi connectivity index (χ2v) is 8.45. The number of nitrogens with zero attached hydrogens (tertiary/aromatic N) is 3. The number of hydrogen-bond acceptors (Lipinski definition) is 6. The highest BCUT2D eigenvalue weighted by Crippen LogP contribution is 2.30. The lowest BCUT2D eigenvalue weighted by Gasteiger charge is -2.09. The minimum Gasteiger partial charge on any atom is -0.224 e. The Morgan fingerprint density at radius 2 is 1.40 bits per heavy atom. The third-order valence-corrected chi connectivity index (χ3v) is 5.40. The standard InChI is InChI=1S/C18H17N3O2S2/c1-12-4-6-13(7-5-12)16-17(20-21-18(19-16)24-2)14-8-10-15(11-9-14)25(3,22)23/h4-11H,1-3H3. The van der Waals surface area contributed by atoms with E-state index in [1.165, 1.54) is 18.0 Å². The third kappa shape index (κ3) is 3.88. The SMILES string of the molecule is CSc1nnc(-c2ccc(S(C)(=O)=O)cc2)c(-c2ccc(C)cc2)n1. The topological polar surface area (TPSA) is 72.8 Å². The maximum absolute atomic E-state index is 11.6. The Morgan fingerprint density at radius 3 is 1.96 bits per heavy atom. The fraction of sp³-hybridized carbons (Fsp3) is 0.167. The first kappa shape index (κ1) is 17.6. The normalized spacial score (nSPS) is 11.5. The van der Waals surface area contributed by atoms with Gasteiger partial charge in [-0.15, -0.1) is 10.2 Å². The van der Waals surface area contributed by atoms with Gasteiger partial charge in [-0.1, -0.05) is 53.7 Å². The summed E-state index contributed by atoms with van der Waals surface area (Å²) in [5.41, 5.74) is 4.23. The molecule has 0 N–H and O–H groups in total. The molecule has 2 aromatic carbocycles. The minimum atomic E-state index is -3.23. The third-order valence-electron chi connectivity index (χ3n) is 3.73. The lowest BCUT2D eigenvalue weighted by atomic mass is 10.0. The zero-order valence-corrected chi connectivity index (χ0v) is 15.7. The summed E-state index contributed by atoms with van der Waals surface area (Å²) in [6.45, 7) is 2.03. The highest BCUT2D eigenvalue weighted by atomic mass is 32.2. The summed E-state index contributed by atoms with van der Waals surface area (Å²) < 4.78 is 23.3. The van der Waals surface area contributed by atoms with Gasteiger partial charge in [-0.2, -0.15) is 0 Å². The maximum Gasteiger partial charge on any atom is 0.209 e. The van der Waals surface area contributed by atoms with Crippen molar-refractivity contribution in [3.8, 4) is 22.5 Å². The Labute approximate surface area is 151 Å². The van der Waals surface area contributed by atoms with Crippen LogP contribution < -0.4 is 0 Å². The molecule has 0 fully saturated rings. The van der Waals surface area contributed by atoms with Crippen LogP contribution in [0.2, 0.25) is 0 Å². The summed E-state index contributed by atoms with van der Waals surface area (Å²) in [5, 5.41) is 9.05. The number of thioether (sulfide) groups is 1. The van der Waals surface area contributed by atoms with Crippen LogP contribution in [-0.4, -0.2) is 36.1 Å². The number of benzene rings is 2. The van der Waals surface area contributed by atoms with Crippen LogP contribution in [0.5, 0.6) is 0 Å². The number of hydrogen-bond donors (Lipinski definition) is 0. The van der Waals surface area contributed by atoms with Crippen molar-refractivity contribution in [1.82, 2.24) is 15.2 Å². The Bertz CT molecular complexity index is 999. The van der Waals surface area contributed by atoms with Gasteiger partial charge in [-0.25, -0.2) is 13.4 Å². The molecule has 5 nitrogen and oxygen atoms in total. The van der Waals surface area contributed by atoms with Gasteiger partial charge in [-0.3, -0.25) is 0 Å². The Morgan fingerprint density at radius 1 is 0.840 bits per heavy atom. The van der Waals surface area contributed by atoms with Gasteiger partial charge >= 0.3 is 0 Å². The van der Waals surface area contributed by atoms with Crippen LogP contribution in [0, 0.1) is 6.92 Å². The molecule has 0 radical (unpaired) electrons. The maximum atomic E-state index is 11.6. The molecule has 0 bridgehead atoms. The molecule has 3 aromatic rings. The minimum absolute atomic E-state index is 0.273. The summed E-state index contributed by atoms with van der Waals surface area (Å²) in [7, 11) is -3.23. The second kappa shape index (κ2) is 6.93. The Hall–Kier alpha value is -2.25. The van der Waals surface area contributed by atoms with Crippen LogP contribution in [0.15, 0.2) is 58.6 Å². The monoisotopic (exact) mass is 371 g/mol. The number of rotatable bonds is 4. The van der Waals surface area contributed by atoms with Gasteiger partial charge in [0, 0.05) is 17.4 Å². The van der Waals surface area contributed by atoms with E-state index < -0.39 is 9.84 Å². The van der Waals surface area contributed by atoms with Gasteiger partial charge in [0.15, 0.2) is 9.84 Å². The molecule has 0 atom stereocenters. The van der Waals surface area contributed by atoms with Crippen molar-refractivity contribution in [2.45, 2.75) is 17.0 Å². The van der Waals surface area contributed by atoms with Gasteiger partial charge in [0.05, 0.1) is 4.90 Å². The van der Waals surface area contributed by atoms with Crippen molar-refractivity contribution in [1.29, 1.82) is 0 Å². The van der Waals surface area contributed by atoms with Crippen molar-refractivity contribution >= 4 is 21.6 Å². The van der Waals surface area contributed by atoms with Gasteiger partial charge in [0.1, 0.15) is 11.4 Å². The predicted molar refractivity (Wildman–Crippen MR) is 100 cm³/mol. The molecular formula is C18H17N3O2S2. The highest BCUT2D eigenvalue weighted by Gasteiger charge is 2.14. The van der Waals surface area contributed by atoms with Crippen molar-refractivity contribution < 1.29 is 8.42 Å². The van der Waals surface area contributed by atoms with Crippen molar-refractivity contribution in [3.63, 3.8) is 0 Å². The average Bonchev–Trinajstić information content (AvgIpc) is 2.61. The van der Waals surface area contributed by atoms with E-state index >= 15 is 0 Å². The number of sulfone groups is 1. The van der Waals surface area contributed by atoms with E-state index in [1.54, 1.807) is 24.3 Å². The molecular weight excluding hydrogens is 354 g/mol. The van der Waals surface area contributed by atoms with E-state index in [4.69, 9.17) is 0 Å². The molecule has 0 unspecified atom stereocenters. The summed E-state index contributed by atoms with van der Waals surface area (Å²) in [4.78, 5) is 4.88. The predicted octanol–water partition coefficient (Wildman–Crippen LogP) is 3.64. The first-order valence-electron chi connectivity index (χ1n) is 7.55. The van der Waals surface area contributed by atoms with E-state index in [1.807, 2.05) is 37.4 Å². The summed E-state index contributed by atoms with van der Waals surface area (Å²) in [5.74, 6) is 0. The van der Waals surface area contributed by atoms with Crippen LogP contribution in [0.3, 0.4) is 0 Å². The van der Waals surface area contributed by atoms with E-state index in [-0.39, 0.29) is 4.90 Å².